The molecule has 8 bridgehead atoms. The summed E-state index contributed by atoms with van der Waals surface area (Å²) >= 11 is 0. The molecule has 4 aromatic carbocycles. The highest BCUT2D eigenvalue weighted by Crippen LogP contribution is 2.69. The predicted octanol–water partition coefficient (Wildman–Crippen LogP) is 11.2. The SMILES string of the molecule is Nc1ccc(Oc2cc(Oc3ccc(N)cc3F)c(C34CC5CC(CC(C5)C3)C4)c(Oc3ccc(N)cc3F)c2C23CC4CC(CC(C4)C2)C3)c(F)c1. The summed E-state index contributed by atoms with van der Waals surface area (Å²) in [5.74, 6) is 2.80. The fraction of sp³-hybridized carbons (Fsp3) is 0.455. The Bertz CT molecular complexity index is 1940. The van der Waals surface area contributed by atoms with E-state index in [1.165, 1.54) is 68.9 Å². The minimum Gasteiger partial charge on any atom is -0.454 e. The number of nitrogen functional groups attached to an aromatic ring is 3. The molecule has 8 fully saturated rings. The number of ether oxygens (including phenoxy) is 3. The molecule has 0 radical (unpaired) electrons. The van der Waals surface area contributed by atoms with Gasteiger partial charge in [0.25, 0.3) is 0 Å². The molecule has 276 valence electrons. The topological polar surface area (TPSA) is 106 Å². The first-order valence-corrected chi connectivity index (χ1v) is 19.4. The number of hydrogen-bond acceptors (Lipinski definition) is 6. The molecular formula is C44H46F3N3O3. The summed E-state index contributed by atoms with van der Waals surface area (Å²) in [4.78, 5) is 0. The second-order valence-corrected chi connectivity index (χ2v) is 17.7. The Balaban J connectivity index is 1.28. The molecule has 8 saturated carbocycles. The maximum atomic E-state index is 16.0. The lowest BCUT2D eigenvalue weighted by Crippen LogP contribution is -2.50. The molecule has 0 aliphatic heterocycles. The Hall–Kier alpha value is -4.53. The van der Waals surface area contributed by atoms with Gasteiger partial charge >= 0.3 is 0 Å². The van der Waals surface area contributed by atoms with Crippen LogP contribution in [0.2, 0.25) is 0 Å². The van der Waals surface area contributed by atoms with Gasteiger partial charge in [0, 0.05) is 63.3 Å². The predicted molar refractivity (Wildman–Crippen MR) is 199 cm³/mol. The van der Waals surface area contributed by atoms with Crippen molar-refractivity contribution in [1.29, 1.82) is 0 Å². The van der Waals surface area contributed by atoms with Crippen LogP contribution < -0.4 is 31.4 Å². The molecule has 0 heterocycles. The third-order valence-corrected chi connectivity index (χ3v) is 13.9. The van der Waals surface area contributed by atoms with Crippen LogP contribution in [0.1, 0.15) is 88.2 Å². The molecule has 0 unspecified atom stereocenters. The van der Waals surface area contributed by atoms with Crippen LogP contribution in [-0.2, 0) is 10.8 Å². The van der Waals surface area contributed by atoms with Gasteiger partial charge in [-0.25, -0.2) is 13.2 Å². The smallest absolute Gasteiger partial charge is 0.167 e. The van der Waals surface area contributed by atoms with E-state index in [0.29, 0.717) is 52.8 Å². The Morgan fingerprint density at radius 3 is 1.02 bits per heavy atom. The number of hydrogen-bond donors (Lipinski definition) is 3. The standard InChI is InChI=1S/C44H46F3N3O3/c45-32-13-29(48)1-4-35(32)51-38-16-39(52-36-5-2-30(49)14-33(36)46)41(44-20-26-10-27(21-44)12-28(11-26)22-44)42(53-37-6-3-31(50)15-34(37)47)40(38)43-17-23-7-24(18-43)9-25(8-23)19-43/h1-6,13-16,23-28H,7-12,17-22,48-50H2. The summed E-state index contributed by atoms with van der Waals surface area (Å²) in [6.45, 7) is 0. The van der Waals surface area contributed by atoms with E-state index in [-0.39, 0.29) is 45.1 Å². The second kappa shape index (κ2) is 12.0. The van der Waals surface area contributed by atoms with Gasteiger partial charge < -0.3 is 31.4 Å². The van der Waals surface area contributed by atoms with Crippen molar-refractivity contribution in [3.63, 3.8) is 0 Å². The van der Waals surface area contributed by atoms with Gasteiger partial charge in [-0.1, -0.05) is 0 Å². The van der Waals surface area contributed by atoms with E-state index in [9.17, 15) is 0 Å². The molecule has 4 aromatic rings. The summed E-state index contributed by atoms with van der Waals surface area (Å²) in [6.07, 6.45) is 12.8. The molecule has 9 heteroatoms. The molecule has 12 rings (SSSR count). The third-order valence-electron chi connectivity index (χ3n) is 13.9. The van der Waals surface area contributed by atoms with Crippen LogP contribution in [0.5, 0.6) is 34.5 Å². The van der Waals surface area contributed by atoms with Crippen molar-refractivity contribution in [1.82, 2.24) is 0 Å². The van der Waals surface area contributed by atoms with Crippen LogP contribution in [0.3, 0.4) is 0 Å². The molecule has 6 N–H and O–H groups in total. The van der Waals surface area contributed by atoms with Crippen LogP contribution in [0, 0.1) is 53.0 Å². The van der Waals surface area contributed by atoms with Crippen LogP contribution in [0.4, 0.5) is 30.2 Å². The molecule has 8 aliphatic rings. The molecule has 0 atom stereocenters. The van der Waals surface area contributed by atoms with Crippen molar-refractivity contribution in [3.05, 3.63) is 89.2 Å². The first-order valence-electron chi connectivity index (χ1n) is 19.4. The zero-order valence-electron chi connectivity index (χ0n) is 29.8. The zero-order chi connectivity index (χ0) is 36.2. The van der Waals surface area contributed by atoms with Gasteiger partial charge in [-0.05, 0) is 149 Å². The molecule has 8 aliphatic carbocycles. The minimum atomic E-state index is -0.606. The summed E-state index contributed by atoms with van der Waals surface area (Å²) in [6, 6.07) is 15.1. The molecule has 6 nitrogen and oxygen atoms in total. The first kappa shape index (κ1) is 33.1. The Labute approximate surface area is 308 Å². The van der Waals surface area contributed by atoms with E-state index in [4.69, 9.17) is 31.4 Å². The number of nitrogens with two attached hydrogens (primary N) is 3. The van der Waals surface area contributed by atoms with E-state index >= 15 is 13.2 Å². The highest BCUT2D eigenvalue weighted by molar-refractivity contribution is 5.66. The van der Waals surface area contributed by atoms with Crippen LogP contribution >= 0.6 is 0 Å². The van der Waals surface area contributed by atoms with Crippen molar-refractivity contribution >= 4 is 17.1 Å². The third kappa shape index (κ3) is 5.59. The van der Waals surface area contributed by atoms with Crippen LogP contribution in [0.25, 0.3) is 0 Å². The lowest BCUT2D eigenvalue weighted by molar-refractivity contribution is -0.0111. The Morgan fingerprint density at radius 2 is 0.717 bits per heavy atom. The van der Waals surface area contributed by atoms with Crippen molar-refractivity contribution in [2.75, 3.05) is 17.2 Å². The van der Waals surface area contributed by atoms with Crippen LogP contribution in [-0.4, -0.2) is 0 Å². The average Bonchev–Trinajstić information content (AvgIpc) is 3.07. The van der Waals surface area contributed by atoms with E-state index in [0.717, 1.165) is 49.7 Å². The maximum absolute atomic E-state index is 16.0. The summed E-state index contributed by atoms with van der Waals surface area (Å²) in [5.41, 5.74) is 19.8. The van der Waals surface area contributed by atoms with E-state index in [2.05, 4.69) is 0 Å². The van der Waals surface area contributed by atoms with E-state index in [1.54, 1.807) is 24.3 Å². The van der Waals surface area contributed by atoms with Gasteiger partial charge in [0.15, 0.2) is 34.7 Å². The molecule has 0 saturated heterocycles. The number of rotatable bonds is 8. The highest BCUT2D eigenvalue weighted by Gasteiger charge is 2.58. The summed E-state index contributed by atoms with van der Waals surface area (Å²) < 4.78 is 67.8. The summed E-state index contributed by atoms with van der Waals surface area (Å²) in [7, 11) is 0. The van der Waals surface area contributed by atoms with Gasteiger partial charge in [0.05, 0.1) is 0 Å². The monoisotopic (exact) mass is 721 g/mol. The fourth-order valence-corrected chi connectivity index (χ4v) is 12.9. The first-order chi connectivity index (χ1) is 25.5. The maximum Gasteiger partial charge on any atom is 0.167 e. The quantitative estimate of drug-likeness (QED) is 0.156. The zero-order valence-corrected chi connectivity index (χ0v) is 29.8. The van der Waals surface area contributed by atoms with Gasteiger partial charge in [0.1, 0.15) is 17.2 Å². The molecule has 0 spiro atoms. The number of anilines is 3. The largest absolute Gasteiger partial charge is 0.454 e. The van der Waals surface area contributed by atoms with Gasteiger partial charge in [-0.2, -0.15) is 0 Å². The number of halogens is 3. The molecule has 0 aromatic heterocycles. The van der Waals surface area contributed by atoms with Crippen molar-refractivity contribution in [3.8, 4) is 34.5 Å². The van der Waals surface area contributed by atoms with Crippen molar-refractivity contribution < 1.29 is 27.4 Å². The van der Waals surface area contributed by atoms with Gasteiger partial charge in [-0.3, -0.25) is 0 Å². The van der Waals surface area contributed by atoms with E-state index in [1.807, 2.05) is 6.07 Å². The fourth-order valence-electron chi connectivity index (χ4n) is 12.9. The lowest BCUT2D eigenvalue weighted by Gasteiger charge is -2.59. The van der Waals surface area contributed by atoms with E-state index < -0.39 is 17.5 Å². The van der Waals surface area contributed by atoms with Crippen molar-refractivity contribution in [2.24, 2.45) is 35.5 Å². The number of benzene rings is 4. The van der Waals surface area contributed by atoms with Gasteiger partial charge in [-0.15, -0.1) is 0 Å². The summed E-state index contributed by atoms with van der Waals surface area (Å²) in [5, 5.41) is 0. The van der Waals surface area contributed by atoms with Gasteiger partial charge in [0.2, 0.25) is 0 Å². The molecule has 53 heavy (non-hydrogen) atoms. The lowest BCUT2D eigenvalue weighted by atomic mass is 9.46. The van der Waals surface area contributed by atoms with Crippen molar-refractivity contribution in [2.45, 2.75) is 87.9 Å². The second-order valence-electron chi connectivity index (χ2n) is 17.7. The molecule has 0 amide bonds. The highest BCUT2D eigenvalue weighted by atomic mass is 19.1. The average molecular weight is 722 g/mol. The molecular weight excluding hydrogens is 675 g/mol. The van der Waals surface area contributed by atoms with Crippen LogP contribution in [0.15, 0.2) is 60.7 Å². The Morgan fingerprint density at radius 1 is 0.415 bits per heavy atom. The minimum absolute atomic E-state index is 0.00182. The normalized spacial score (nSPS) is 31.9. The Kier molecular flexibility index (Phi) is 7.48.